The van der Waals surface area contributed by atoms with E-state index in [4.69, 9.17) is 0 Å². The Morgan fingerprint density at radius 1 is 1.00 bits per heavy atom. The second-order valence-electron chi connectivity index (χ2n) is 5.77. The molecule has 0 atom stereocenters. The van der Waals surface area contributed by atoms with Crippen molar-refractivity contribution in [3.8, 4) is 0 Å². The molecule has 3 aliphatic rings. The van der Waals surface area contributed by atoms with Crippen LogP contribution in [-0.4, -0.2) is 66.5 Å². The average Bonchev–Trinajstić information content (AvgIpc) is 2.97. The summed E-state index contributed by atoms with van der Waals surface area (Å²) in [5.41, 5.74) is -0.555. The zero-order valence-electron chi connectivity index (χ0n) is 12.1. The molecule has 1 saturated carbocycles. The summed E-state index contributed by atoms with van der Waals surface area (Å²) in [5, 5.41) is 6.22. The zero-order valence-corrected chi connectivity index (χ0v) is 13.7. The maximum atomic E-state index is 12.4. The Labute approximate surface area is 137 Å². The fourth-order valence-corrected chi connectivity index (χ4v) is 3.37. The van der Waals surface area contributed by atoms with E-state index in [1.807, 2.05) is 0 Å². The highest BCUT2D eigenvalue weighted by Gasteiger charge is 2.52. The van der Waals surface area contributed by atoms with Gasteiger partial charge in [-0.1, -0.05) is 12.8 Å². The van der Waals surface area contributed by atoms with Crippen LogP contribution in [0.1, 0.15) is 25.7 Å². The van der Waals surface area contributed by atoms with Gasteiger partial charge in [-0.3, -0.25) is 14.6 Å². The molecule has 2 N–H and O–H groups in total. The van der Waals surface area contributed by atoms with E-state index in [1.54, 1.807) is 0 Å². The van der Waals surface area contributed by atoms with E-state index >= 15 is 0 Å². The molecule has 1 aliphatic carbocycles. The minimum atomic E-state index is -0.555. The normalized spacial score (nSPS) is 24.7. The topological polar surface area (TPSA) is 64.7 Å². The maximum Gasteiger partial charge on any atom is 0.325 e. The van der Waals surface area contributed by atoms with Gasteiger partial charge in [-0.25, -0.2) is 4.79 Å². The van der Waals surface area contributed by atoms with Crippen LogP contribution in [-0.2, 0) is 4.79 Å². The summed E-state index contributed by atoms with van der Waals surface area (Å²) < 4.78 is 0. The van der Waals surface area contributed by atoms with Crippen LogP contribution in [0.15, 0.2) is 0 Å². The van der Waals surface area contributed by atoms with E-state index in [9.17, 15) is 9.59 Å². The van der Waals surface area contributed by atoms with Gasteiger partial charge in [0, 0.05) is 39.3 Å². The summed E-state index contributed by atoms with van der Waals surface area (Å²) in [7, 11) is 0. The van der Waals surface area contributed by atoms with Crippen molar-refractivity contribution in [3.63, 3.8) is 0 Å². The lowest BCUT2D eigenvalue weighted by Gasteiger charge is -2.28. The van der Waals surface area contributed by atoms with E-state index in [2.05, 4.69) is 15.5 Å². The van der Waals surface area contributed by atoms with Crippen LogP contribution in [0.5, 0.6) is 0 Å². The molecule has 2 aliphatic heterocycles. The highest BCUT2D eigenvalue weighted by molar-refractivity contribution is 6.07. The summed E-state index contributed by atoms with van der Waals surface area (Å²) in [5.74, 6) is 0.00475. The van der Waals surface area contributed by atoms with E-state index in [0.717, 1.165) is 58.4 Å². The first-order valence-corrected chi connectivity index (χ1v) is 7.28. The first-order valence-electron chi connectivity index (χ1n) is 7.28. The molecule has 0 aromatic heterocycles. The SMILES string of the molecule is Cl.Cl.O=C1NC2(CCCC2)C(=O)N1CCN1CCNCC1. The summed E-state index contributed by atoms with van der Waals surface area (Å²) in [4.78, 5) is 28.1. The van der Waals surface area contributed by atoms with Gasteiger partial charge in [0.05, 0.1) is 0 Å². The van der Waals surface area contributed by atoms with Gasteiger partial charge >= 0.3 is 6.03 Å². The van der Waals surface area contributed by atoms with E-state index in [-0.39, 0.29) is 36.8 Å². The summed E-state index contributed by atoms with van der Waals surface area (Å²) in [6.07, 6.45) is 3.69. The molecule has 1 spiro atoms. The minimum absolute atomic E-state index is 0. The van der Waals surface area contributed by atoms with Crippen LogP contribution in [0.4, 0.5) is 4.79 Å². The Bertz CT molecular complexity index is 382. The van der Waals surface area contributed by atoms with Gasteiger partial charge in [0.25, 0.3) is 5.91 Å². The Morgan fingerprint density at radius 3 is 2.24 bits per heavy atom. The van der Waals surface area contributed by atoms with Gasteiger partial charge < -0.3 is 10.6 Å². The molecule has 0 aromatic rings. The second-order valence-corrected chi connectivity index (χ2v) is 5.77. The van der Waals surface area contributed by atoms with Crippen molar-refractivity contribution >= 4 is 36.8 Å². The van der Waals surface area contributed by atoms with Crippen LogP contribution in [0.25, 0.3) is 0 Å². The number of nitrogens with one attached hydrogen (secondary N) is 2. The third-order valence-electron chi connectivity index (χ3n) is 4.55. The van der Waals surface area contributed by atoms with Gasteiger partial charge in [-0.15, -0.1) is 24.8 Å². The first kappa shape index (κ1) is 18.5. The van der Waals surface area contributed by atoms with E-state index < -0.39 is 5.54 Å². The van der Waals surface area contributed by atoms with Crippen LogP contribution in [0.3, 0.4) is 0 Å². The Morgan fingerprint density at radius 2 is 1.62 bits per heavy atom. The number of carbonyl (C=O) groups excluding carboxylic acids is 2. The van der Waals surface area contributed by atoms with Crippen molar-refractivity contribution in [2.75, 3.05) is 39.3 Å². The number of rotatable bonds is 3. The first-order chi connectivity index (χ1) is 9.21. The highest BCUT2D eigenvalue weighted by atomic mass is 35.5. The third kappa shape index (κ3) is 3.62. The molecule has 6 nitrogen and oxygen atoms in total. The molecular formula is C13H24Cl2N4O2. The Kier molecular flexibility index (Phi) is 6.71. The van der Waals surface area contributed by atoms with Crippen LogP contribution >= 0.6 is 24.8 Å². The van der Waals surface area contributed by atoms with Crippen LogP contribution in [0, 0.1) is 0 Å². The van der Waals surface area contributed by atoms with Gasteiger partial charge in [0.2, 0.25) is 0 Å². The minimum Gasteiger partial charge on any atom is -0.323 e. The second kappa shape index (κ2) is 7.63. The monoisotopic (exact) mass is 338 g/mol. The number of hydrogen-bond acceptors (Lipinski definition) is 4. The lowest BCUT2D eigenvalue weighted by atomic mass is 9.98. The zero-order chi connectivity index (χ0) is 13.3. The molecule has 0 bridgehead atoms. The van der Waals surface area contributed by atoms with Crippen molar-refractivity contribution in [2.24, 2.45) is 0 Å². The highest BCUT2D eigenvalue weighted by Crippen LogP contribution is 2.34. The Balaban J connectivity index is 0.00000110. The lowest BCUT2D eigenvalue weighted by Crippen LogP contribution is -2.48. The van der Waals surface area contributed by atoms with Crippen molar-refractivity contribution < 1.29 is 9.59 Å². The number of amides is 3. The standard InChI is InChI=1S/C13H22N4O2.2ClH/c18-11-13(3-1-2-4-13)15-12(19)17(11)10-9-16-7-5-14-6-8-16;;/h14H,1-10H2,(H,15,19);2*1H. The van der Waals surface area contributed by atoms with E-state index in [1.165, 1.54) is 4.90 Å². The molecule has 0 radical (unpaired) electrons. The summed E-state index contributed by atoms with van der Waals surface area (Å²) in [6.45, 7) is 5.28. The predicted octanol–water partition coefficient (Wildman–Crippen LogP) is 0.600. The van der Waals surface area contributed by atoms with Crippen LogP contribution < -0.4 is 10.6 Å². The average molecular weight is 339 g/mol. The molecule has 0 unspecified atom stereocenters. The molecule has 3 fully saturated rings. The fourth-order valence-electron chi connectivity index (χ4n) is 3.37. The number of urea groups is 1. The Hall–Kier alpha value is -0.560. The van der Waals surface area contributed by atoms with Crippen LogP contribution in [0.2, 0.25) is 0 Å². The van der Waals surface area contributed by atoms with Crippen molar-refractivity contribution in [1.82, 2.24) is 20.4 Å². The van der Waals surface area contributed by atoms with Gasteiger partial charge in [-0.05, 0) is 12.8 Å². The quantitative estimate of drug-likeness (QED) is 0.739. The summed E-state index contributed by atoms with van der Waals surface area (Å²) >= 11 is 0. The number of carbonyl (C=O) groups is 2. The van der Waals surface area contributed by atoms with Crippen molar-refractivity contribution in [2.45, 2.75) is 31.2 Å². The molecule has 21 heavy (non-hydrogen) atoms. The molecule has 3 rings (SSSR count). The molecule has 2 heterocycles. The molecule has 3 amide bonds. The molecule has 2 saturated heterocycles. The number of halogens is 2. The smallest absolute Gasteiger partial charge is 0.323 e. The fraction of sp³-hybridized carbons (Fsp3) is 0.846. The lowest BCUT2D eigenvalue weighted by molar-refractivity contribution is -0.131. The molecule has 8 heteroatoms. The van der Waals surface area contributed by atoms with Gasteiger partial charge in [0.1, 0.15) is 5.54 Å². The molecule has 0 aromatic carbocycles. The largest absolute Gasteiger partial charge is 0.325 e. The number of nitrogens with zero attached hydrogens (tertiary/aromatic N) is 2. The predicted molar refractivity (Wildman–Crippen MR) is 85.2 cm³/mol. The summed E-state index contributed by atoms with van der Waals surface area (Å²) in [6, 6.07) is -0.193. The number of piperazine rings is 1. The number of hydrogen-bond donors (Lipinski definition) is 2. The molecule has 122 valence electrons. The van der Waals surface area contributed by atoms with Crippen molar-refractivity contribution in [3.05, 3.63) is 0 Å². The maximum absolute atomic E-state index is 12.4. The molecular weight excluding hydrogens is 315 g/mol. The van der Waals surface area contributed by atoms with E-state index in [0.29, 0.717) is 6.54 Å². The van der Waals surface area contributed by atoms with Gasteiger partial charge in [0.15, 0.2) is 0 Å². The third-order valence-corrected chi connectivity index (χ3v) is 4.55. The number of imide groups is 1. The van der Waals surface area contributed by atoms with Gasteiger partial charge in [-0.2, -0.15) is 0 Å². The van der Waals surface area contributed by atoms with Crippen molar-refractivity contribution in [1.29, 1.82) is 0 Å².